The van der Waals surface area contributed by atoms with Gasteiger partial charge in [-0.05, 0) is 26.1 Å². The molecule has 1 atom stereocenters. The van der Waals surface area contributed by atoms with E-state index in [9.17, 15) is 13.2 Å². The Kier molecular flexibility index (Phi) is 3.40. The Morgan fingerprint density at radius 2 is 2.00 bits per heavy atom. The second-order valence-corrected chi connectivity index (χ2v) is 9.17. The van der Waals surface area contributed by atoms with Crippen molar-refractivity contribution in [2.24, 2.45) is 5.16 Å². The third kappa shape index (κ3) is 2.76. The van der Waals surface area contributed by atoms with Crippen LogP contribution in [0.5, 0.6) is 0 Å². The Balaban J connectivity index is 2.91. The van der Waals surface area contributed by atoms with Crippen molar-refractivity contribution in [2.45, 2.75) is 51.4 Å². The van der Waals surface area contributed by atoms with Gasteiger partial charge in [0.15, 0.2) is 8.32 Å². The quantitative estimate of drug-likeness (QED) is 0.724. The Labute approximate surface area is 93.7 Å². The largest absolute Gasteiger partial charge is 0.457 e. The van der Waals surface area contributed by atoms with Crippen LogP contribution in [0.3, 0.4) is 0 Å². The molecule has 1 unspecified atom stereocenters. The molecule has 1 aliphatic heterocycles. The van der Waals surface area contributed by atoms with Crippen LogP contribution in [-0.4, -0.2) is 26.0 Å². The van der Waals surface area contributed by atoms with E-state index in [1.165, 1.54) is 0 Å². The van der Waals surface area contributed by atoms with Crippen LogP contribution in [0.1, 0.15) is 19.8 Å². The number of rotatable bonds is 3. The SMILES string of the molecule is CCC1=NOC(O[Si](C)(C)C)(C(F)(F)F)C1. The molecule has 0 aliphatic carbocycles. The molecule has 3 nitrogen and oxygen atoms in total. The molecule has 1 rings (SSSR count). The highest BCUT2D eigenvalue weighted by atomic mass is 28.4. The lowest BCUT2D eigenvalue weighted by atomic mass is 10.1. The summed E-state index contributed by atoms with van der Waals surface area (Å²) in [4.78, 5) is 4.56. The first-order valence-electron chi connectivity index (χ1n) is 5.10. The lowest BCUT2D eigenvalue weighted by Crippen LogP contribution is -2.53. The van der Waals surface area contributed by atoms with E-state index in [0.717, 1.165) is 0 Å². The summed E-state index contributed by atoms with van der Waals surface area (Å²) in [6.07, 6.45) is -4.45. The van der Waals surface area contributed by atoms with Crippen LogP contribution in [0.4, 0.5) is 13.2 Å². The van der Waals surface area contributed by atoms with E-state index >= 15 is 0 Å². The van der Waals surface area contributed by atoms with Gasteiger partial charge in [-0.15, -0.1) is 0 Å². The maximum absolute atomic E-state index is 13.0. The number of oxime groups is 1. The number of hydrogen-bond acceptors (Lipinski definition) is 3. The minimum atomic E-state index is -4.56. The predicted octanol–water partition coefficient (Wildman–Crippen LogP) is 3.28. The van der Waals surface area contributed by atoms with Crippen molar-refractivity contribution in [3.05, 3.63) is 0 Å². The highest BCUT2D eigenvalue weighted by Gasteiger charge is 2.63. The van der Waals surface area contributed by atoms with Crippen LogP contribution >= 0.6 is 0 Å². The van der Waals surface area contributed by atoms with E-state index in [0.29, 0.717) is 12.1 Å². The zero-order chi connectivity index (χ0) is 12.6. The molecule has 1 aliphatic rings. The molecule has 0 fully saturated rings. The molecule has 94 valence electrons. The molecule has 0 saturated carbocycles. The molecular weight excluding hydrogens is 239 g/mol. The first kappa shape index (κ1) is 13.5. The third-order valence-electron chi connectivity index (χ3n) is 2.07. The Hall–Kier alpha value is -0.563. The number of alkyl halides is 3. The van der Waals surface area contributed by atoms with E-state index in [-0.39, 0.29) is 6.42 Å². The van der Waals surface area contributed by atoms with Gasteiger partial charge in [-0.1, -0.05) is 12.1 Å². The minimum absolute atomic E-state index is 0.322. The minimum Gasteiger partial charge on any atom is -0.373 e. The van der Waals surface area contributed by atoms with E-state index < -0.39 is 20.3 Å². The van der Waals surface area contributed by atoms with Crippen molar-refractivity contribution >= 4 is 14.0 Å². The summed E-state index contributed by atoms with van der Waals surface area (Å²) in [7, 11) is -2.37. The molecule has 16 heavy (non-hydrogen) atoms. The molecule has 0 spiro atoms. The first-order chi connectivity index (χ1) is 7.10. The molecule has 1 heterocycles. The molecule has 0 amide bonds. The molecule has 0 N–H and O–H groups in total. The monoisotopic (exact) mass is 255 g/mol. The highest BCUT2D eigenvalue weighted by Crippen LogP contribution is 2.43. The topological polar surface area (TPSA) is 30.8 Å². The summed E-state index contributed by atoms with van der Waals surface area (Å²) in [5.74, 6) is -2.55. The second-order valence-electron chi connectivity index (χ2n) is 4.74. The lowest BCUT2D eigenvalue weighted by Gasteiger charge is -2.34. The van der Waals surface area contributed by atoms with Crippen LogP contribution in [0.15, 0.2) is 5.16 Å². The van der Waals surface area contributed by atoms with Crippen molar-refractivity contribution in [3.63, 3.8) is 0 Å². The lowest BCUT2D eigenvalue weighted by molar-refractivity contribution is -0.346. The zero-order valence-electron chi connectivity index (χ0n) is 9.81. The maximum Gasteiger partial charge on any atom is 0.457 e. The van der Waals surface area contributed by atoms with Gasteiger partial charge in [-0.25, -0.2) is 0 Å². The third-order valence-corrected chi connectivity index (χ3v) is 3.01. The molecular formula is C9H16F3NO2Si. The Bertz CT molecular complexity index is 298. The van der Waals surface area contributed by atoms with Gasteiger partial charge in [-0.3, -0.25) is 0 Å². The summed E-state index contributed by atoms with van der Waals surface area (Å²) < 4.78 is 44.0. The van der Waals surface area contributed by atoms with Gasteiger partial charge in [0.1, 0.15) is 0 Å². The number of nitrogens with zero attached hydrogens (tertiary/aromatic N) is 1. The van der Waals surface area contributed by atoms with Crippen LogP contribution in [0.2, 0.25) is 19.6 Å². The van der Waals surface area contributed by atoms with Gasteiger partial charge < -0.3 is 9.26 Å². The summed E-state index contributed by atoms with van der Waals surface area (Å²) >= 11 is 0. The zero-order valence-corrected chi connectivity index (χ0v) is 10.8. The van der Waals surface area contributed by atoms with Gasteiger partial charge in [-0.2, -0.15) is 13.2 Å². The van der Waals surface area contributed by atoms with E-state index in [4.69, 9.17) is 4.43 Å². The summed E-state index contributed by atoms with van der Waals surface area (Å²) in [5, 5.41) is 3.45. The normalized spacial score (nSPS) is 26.6. The molecule has 0 aromatic carbocycles. The predicted molar refractivity (Wildman–Crippen MR) is 56.6 cm³/mol. The second kappa shape index (κ2) is 4.03. The first-order valence-corrected chi connectivity index (χ1v) is 8.51. The average Bonchev–Trinajstić information content (AvgIpc) is 2.45. The average molecular weight is 255 g/mol. The van der Waals surface area contributed by atoms with Crippen molar-refractivity contribution in [1.29, 1.82) is 0 Å². The van der Waals surface area contributed by atoms with Gasteiger partial charge in [0.05, 0.1) is 12.1 Å². The van der Waals surface area contributed by atoms with Gasteiger partial charge in [0.25, 0.3) is 0 Å². The van der Waals surface area contributed by atoms with Crippen molar-refractivity contribution in [1.82, 2.24) is 0 Å². The number of halogens is 3. The Morgan fingerprint density at radius 1 is 1.44 bits per heavy atom. The molecule has 0 radical (unpaired) electrons. The maximum atomic E-state index is 13.0. The number of hydrogen-bond donors (Lipinski definition) is 0. The standard InChI is InChI=1S/C9H16F3NO2Si/c1-5-7-6-8(14-13-7,9(10,11)12)15-16(2,3)4/h5-6H2,1-4H3. The summed E-state index contributed by atoms with van der Waals surface area (Å²) in [5.41, 5.74) is 0.385. The van der Waals surface area contributed by atoms with Gasteiger partial charge in [0.2, 0.25) is 0 Å². The Morgan fingerprint density at radius 3 is 2.31 bits per heavy atom. The molecule has 0 aromatic rings. The van der Waals surface area contributed by atoms with Crippen molar-refractivity contribution in [3.8, 4) is 0 Å². The van der Waals surface area contributed by atoms with Gasteiger partial charge in [0, 0.05) is 0 Å². The van der Waals surface area contributed by atoms with Gasteiger partial charge >= 0.3 is 12.0 Å². The van der Waals surface area contributed by atoms with Crippen LogP contribution < -0.4 is 0 Å². The van der Waals surface area contributed by atoms with Crippen molar-refractivity contribution in [2.75, 3.05) is 0 Å². The van der Waals surface area contributed by atoms with Crippen LogP contribution in [0.25, 0.3) is 0 Å². The fourth-order valence-corrected chi connectivity index (χ4v) is 2.63. The van der Waals surface area contributed by atoms with Crippen LogP contribution in [-0.2, 0) is 9.26 Å². The summed E-state index contributed by atoms with van der Waals surface area (Å²) in [6.45, 7) is 6.80. The highest BCUT2D eigenvalue weighted by molar-refractivity contribution is 6.69. The smallest absolute Gasteiger partial charge is 0.373 e. The molecule has 0 saturated heterocycles. The summed E-state index contributed by atoms with van der Waals surface area (Å²) in [6, 6.07) is 0. The van der Waals surface area contributed by atoms with E-state index in [1.807, 2.05) is 0 Å². The fourth-order valence-electron chi connectivity index (χ4n) is 1.42. The van der Waals surface area contributed by atoms with Crippen molar-refractivity contribution < 1.29 is 22.4 Å². The van der Waals surface area contributed by atoms with E-state index in [1.54, 1.807) is 26.6 Å². The van der Waals surface area contributed by atoms with E-state index in [2.05, 4.69) is 9.99 Å². The molecule has 0 bridgehead atoms. The van der Waals surface area contributed by atoms with Crippen LogP contribution in [0, 0.1) is 0 Å². The molecule has 7 heteroatoms. The fraction of sp³-hybridized carbons (Fsp3) is 0.889. The molecule has 0 aromatic heterocycles.